The summed E-state index contributed by atoms with van der Waals surface area (Å²) < 4.78 is 24.9. The van der Waals surface area contributed by atoms with Gasteiger partial charge in [0.2, 0.25) is 5.91 Å². The van der Waals surface area contributed by atoms with Crippen LogP contribution in [-0.4, -0.2) is 57.2 Å². The van der Waals surface area contributed by atoms with Gasteiger partial charge in [0.25, 0.3) is 0 Å². The van der Waals surface area contributed by atoms with E-state index < -0.39 is 0 Å². The first kappa shape index (κ1) is 21.0. The molecule has 6 nitrogen and oxygen atoms in total. The second kappa shape index (κ2) is 9.19. The molecule has 1 aromatic heterocycles. The molecule has 0 N–H and O–H groups in total. The second-order valence-corrected chi connectivity index (χ2v) is 7.77. The summed E-state index contributed by atoms with van der Waals surface area (Å²) in [6, 6.07) is 9.60. The number of halogens is 1. The normalized spacial score (nSPS) is 11.1. The van der Waals surface area contributed by atoms with E-state index in [0.29, 0.717) is 35.2 Å². The molecule has 1 heterocycles. The zero-order valence-corrected chi connectivity index (χ0v) is 17.8. The lowest BCUT2D eigenvalue weighted by atomic mass is 10.1. The Morgan fingerprint density at radius 2 is 1.69 bits per heavy atom. The minimum Gasteiger partial charge on any atom is -0.495 e. The van der Waals surface area contributed by atoms with Crippen LogP contribution in [0.25, 0.3) is 10.2 Å². The van der Waals surface area contributed by atoms with Crippen molar-refractivity contribution in [3.8, 4) is 11.5 Å². The van der Waals surface area contributed by atoms with Crippen LogP contribution in [0.4, 0.5) is 9.52 Å². The van der Waals surface area contributed by atoms with Crippen molar-refractivity contribution < 1.29 is 18.7 Å². The molecule has 0 bridgehead atoms. The van der Waals surface area contributed by atoms with E-state index in [-0.39, 0.29) is 18.1 Å². The van der Waals surface area contributed by atoms with Gasteiger partial charge in [0.1, 0.15) is 27.5 Å². The number of benzene rings is 2. The highest BCUT2D eigenvalue weighted by Crippen LogP contribution is 2.40. The maximum absolute atomic E-state index is 13.2. The average Bonchev–Trinajstić information content (AvgIpc) is 3.14. The molecule has 0 saturated heterocycles. The van der Waals surface area contributed by atoms with Gasteiger partial charge in [-0.15, -0.1) is 0 Å². The Morgan fingerprint density at radius 1 is 1.03 bits per heavy atom. The maximum atomic E-state index is 13.2. The smallest absolute Gasteiger partial charge is 0.233 e. The Labute approximate surface area is 173 Å². The Hall–Kier alpha value is -2.71. The Balaban J connectivity index is 1.97. The fraction of sp³-hybridized carbons (Fsp3) is 0.333. The highest BCUT2D eigenvalue weighted by molar-refractivity contribution is 7.22. The lowest BCUT2D eigenvalue weighted by Gasteiger charge is -2.22. The molecule has 0 saturated carbocycles. The number of hydrogen-bond donors (Lipinski definition) is 0. The van der Waals surface area contributed by atoms with Gasteiger partial charge >= 0.3 is 0 Å². The molecule has 3 rings (SSSR count). The predicted octanol–water partition coefficient (Wildman–Crippen LogP) is 3.59. The van der Waals surface area contributed by atoms with Crippen LogP contribution < -0.4 is 14.4 Å². The Kier molecular flexibility index (Phi) is 6.66. The maximum Gasteiger partial charge on any atom is 0.233 e. The van der Waals surface area contributed by atoms with Crippen LogP contribution in [0, 0.1) is 5.82 Å². The van der Waals surface area contributed by atoms with Gasteiger partial charge in [0.15, 0.2) is 5.13 Å². The summed E-state index contributed by atoms with van der Waals surface area (Å²) >= 11 is 1.39. The van der Waals surface area contributed by atoms with Crippen molar-refractivity contribution in [3.63, 3.8) is 0 Å². The molecule has 29 heavy (non-hydrogen) atoms. The predicted molar refractivity (Wildman–Crippen MR) is 114 cm³/mol. The first-order chi connectivity index (χ1) is 13.9. The van der Waals surface area contributed by atoms with Crippen molar-refractivity contribution in [2.75, 3.05) is 46.3 Å². The van der Waals surface area contributed by atoms with Crippen molar-refractivity contribution in [2.45, 2.75) is 6.42 Å². The number of carbonyl (C=O) groups is 1. The number of aromatic nitrogens is 1. The number of thiazole rings is 1. The van der Waals surface area contributed by atoms with Crippen molar-refractivity contribution in [2.24, 2.45) is 0 Å². The van der Waals surface area contributed by atoms with Gasteiger partial charge in [-0.2, -0.15) is 0 Å². The summed E-state index contributed by atoms with van der Waals surface area (Å²) in [5, 5.41) is 0.580. The summed E-state index contributed by atoms with van der Waals surface area (Å²) in [6.45, 7) is 1.16. The molecule has 0 unspecified atom stereocenters. The van der Waals surface area contributed by atoms with Crippen LogP contribution in [-0.2, 0) is 11.2 Å². The topological polar surface area (TPSA) is 54.9 Å². The van der Waals surface area contributed by atoms with Gasteiger partial charge in [-0.3, -0.25) is 9.69 Å². The molecular weight excluding hydrogens is 393 g/mol. The van der Waals surface area contributed by atoms with E-state index >= 15 is 0 Å². The molecule has 1 amide bonds. The quantitative estimate of drug-likeness (QED) is 0.561. The fourth-order valence-electron chi connectivity index (χ4n) is 2.89. The number of fused-ring (bicyclic) bond motifs is 1. The highest BCUT2D eigenvalue weighted by atomic mass is 32.1. The van der Waals surface area contributed by atoms with Gasteiger partial charge in [0.05, 0.1) is 20.6 Å². The van der Waals surface area contributed by atoms with Gasteiger partial charge in [-0.25, -0.2) is 9.37 Å². The fourth-order valence-corrected chi connectivity index (χ4v) is 4.01. The first-order valence-electron chi connectivity index (χ1n) is 9.14. The van der Waals surface area contributed by atoms with Crippen molar-refractivity contribution >= 4 is 32.6 Å². The van der Waals surface area contributed by atoms with Gasteiger partial charge in [0, 0.05) is 13.1 Å². The molecule has 0 atom stereocenters. The number of methoxy groups -OCH3 is 2. The molecule has 3 aromatic rings. The monoisotopic (exact) mass is 417 g/mol. The van der Waals surface area contributed by atoms with E-state index in [0.717, 1.165) is 10.3 Å². The second-order valence-electron chi connectivity index (χ2n) is 6.80. The molecule has 0 spiro atoms. The molecule has 0 radical (unpaired) electrons. The summed E-state index contributed by atoms with van der Waals surface area (Å²) in [5.41, 5.74) is 1.42. The van der Waals surface area contributed by atoms with Crippen LogP contribution >= 0.6 is 11.3 Å². The number of hydrogen-bond acceptors (Lipinski definition) is 6. The number of amides is 1. The molecule has 0 aliphatic rings. The van der Waals surface area contributed by atoms with E-state index in [4.69, 9.17) is 9.47 Å². The molecule has 0 aliphatic carbocycles. The number of ether oxygens (including phenoxy) is 2. The summed E-state index contributed by atoms with van der Waals surface area (Å²) in [6.07, 6.45) is 0.165. The van der Waals surface area contributed by atoms with Crippen LogP contribution in [0.2, 0.25) is 0 Å². The number of anilines is 1. The van der Waals surface area contributed by atoms with Crippen molar-refractivity contribution in [1.29, 1.82) is 0 Å². The van der Waals surface area contributed by atoms with E-state index in [2.05, 4.69) is 4.98 Å². The molecule has 154 valence electrons. The SMILES string of the molecule is COc1ccc(OC)c2sc(N(CCN(C)C)C(=O)Cc3ccc(F)cc3)nc12. The summed E-state index contributed by atoms with van der Waals surface area (Å²) in [5.74, 6) is 0.886. The Bertz CT molecular complexity index is 948. The molecule has 8 heteroatoms. The van der Waals surface area contributed by atoms with E-state index in [1.165, 1.54) is 23.5 Å². The number of likely N-dealkylation sites (N-methyl/N-ethyl adjacent to an activating group) is 1. The molecule has 2 aromatic carbocycles. The average molecular weight is 418 g/mol. The highest BCUT2D eigenvalue weighted by Gasteiger charge is 2.22. The standard InChI is InChI=1S/C21H24FN3O3S/c1-24(2)11-12-25(18(26)13-14-5-7-15(22)8-6-14)21-23-19-16(27-3)9-10-17(28-4)20(19)29-21/h5-10H,11-13H2,1-4H3. The van der Waals surface area contributed by atoms with Crippen LogP contribution in [0.1, 0.15) is 5.56 Å². The third-order valence-corrected chi connectivity index (χ3v) is 5.56. The van der Waals surface area contributed by atoms with Crippen LogP contribution in [0.3, 0.4) is 0 Å². The zero-order valence-electron chi connectivity index (χ0n) is 16.9. The number of nitrogens with zero attached hydrogens (tertiary/aromatic N) is 3. The minimum atomic E-state index is -0.323. The third kappa shape index (κ3) is 4.83. The van der Waals surface area contributed by atoms with Gasteiger partial charge < -0.3 is 14.4 Å². The van der Waals surface area contributed by atoms with Crippen LogP contribution in [0.5, 0.6) is 11.5 Å². The third-order valence-electron chi connectivity index (χ3n) is 4.47. The van der Waals surface area contributed by atoms with Crippen molar-refractivity contribution in [3.05, 3.63) is 47.8 Å². The number of rotatable bonds is 8. The summed E-state index contributed by atoms with van der Waals surface area (Å²) in [7, 11) is 7.09. The molecule has 0 fully saturated rings. The lowest BCUT2D eigenvalue weighted by Crippen LogP contribution is -2.37. The lowest BCUT2D eigenvalue weighted by molar-refractivity contribution is -0.118. The molecule has 0 aliphatic heterocycles. The Morgan fingerprint density at radius 3 is 2.31 bits per heavy atom. The van der Waals surface area contributed by atoms with Crippen molar-refractivity contribution in [1.82, 2.24) is 9.88 Å². The number of carbonyl (C=O) groups excluding carboxylic acids is 1. The zero-order chi connectivity index (χ0) is 21.0. The largest absolute Gasteiger partial charge is 0.495 e. The van der Waals surface area contributed by atoms with E-state index in [9.17, 15) is 9.18 Å². The first-order valence-corrected chi connectivity index (χ1v) is 9.95. The van der Waals surface area contributed by atoms with E-state index in [1.54, 1.807) is 37.3 Å². The van der Waals surface area contributed by atoms with Gasteiger partial charge in [-0.05, 0) is 43.9 Å². The molecular formula is C21H24FN3O3S. The van der Waals surface area contributed by atoms with Crippen LogP contribution in [0.15, 0.2) is 36.4 Å². The van der Waals surface area contributed by atoms with E-state index in [1.807, 2.05) is 25.1 Å². The minimum absolute atomic E-state index is 0.101. The van der Waals surface area contributed by atoms with Gasteiger partial charge in [-0.1, -0.05) is 23.5 Å². The summed E-state index contributed by atoms with van der Waals surface area (Å²) in [4.78, 5) is 21.5.